The molecule has 3 aromatic rings. The van der Waals surface area contributed by atoms with Crippen LogP contribution in [0.15, 0.2) is 36.5 Å². The van der Waals surface area contributed by atoms with Crippen LogP contribution in [0.2, 0.25) is 5.02 Å². The lowest BCUT2D eigenvalue weighted by Gasteiger charge is -2.56. The minimum Gasteiger partial charge on any atom is -0.484 e. The Hall–Kier alpha value is -3.44. The van der Waals surface area contributed by atoms with Gasteiger partial charge >= 0.3 is 0 Å². The van der Waals surface area contributed by atoms with Crippen molar-refractivity contribution in [1.82, 2.24) is 20.8 Å². The second kappa shape index (κ2) is 9.79. The lowest BCUT2D eigenvalue weighted by molar-refractivity contribution is -0.137. The highest BCUT2D eigenvalue weighted by molar-refractivity contribution is 6.30. The molecule has 0 radical (unpaired) electrons. The molecule has 1 unspecified atom stereocenters. The fourth-order valence-electron chi connectivity index (χ4n) is 5.24. The molecule has 2 amide bonds. The third kappa shape index (κ3) is 5.19. The number of aromatic nitrogens is 2. The van der Waals surface area contributed by atoms with Crippen LogP contribution in [0.4, 0.5) is 8.78 Å². The summed E-state index contributed by atoms with van der Waals surface area (Å²) in [5.74, 6) is -1.63. The van der Waals surface area contributed by atoms with Crippen LogP contribution in [-0.2, 0) is 9.59 Å². The van der Waals surface area contributed by atoms with Gasteiger partial charge in [0, 0.05) is 23.7 Å². The lowest BCUT2D eigenvalue weighted by Crippen LogP contribution is -2.70. The van der Waals surface area contributed by atoms with Crippen molar-refractivity contribution >= 4 is 34.3 Å². The van der Waals surface area contributed by atoms with Gasteiger partial charge in [-0.3, -0.25) is 14.7 Å². The van der Waals surface area contributed by atoms with Crippen molar-refractivity contribution in [3.63, 3.8) is 0 Å². The van der Waals surface area contributed by atoms with E-state index in [4.69, 9.17) is 21.1 Å². The van der Waals surface area contributed by atoms with Gasteiger partial charge in [0.05, 0.1) is 33.8 Å². The number of hydrogen-bond donors (Lipinski definition) is 4. The van der Waals surface area contributed by atoms with Gasteiger partial charge in [0.1, 0.15) is 23.1 Å². The summed E-state index contributed by atoms with van der Waals surface area (Å²) in [5.41, 5.74) is -0.991. The molecule has 9 nitrogen and oxygen atoms in total. The second-order valence-electron chi connectivity index (χ2n) is 9.64. The van der Waals surface area contributed by atoms with Gasteiger partial charge in [-0.25, -0.2) is 8.78 Å². The number of halogens is 3. The predicted molar refractivity (Wildman–Crippen MR) is 129 cm³/mol. The van der Waals surface area contributed by atoms with Crippen LogP contribution < -0.4 is 20.1 Å². The maximum atomic E-state index is 14.1. The van der Waals surface area contributed by atoms with Crippen molar-refractivity contribution in [2.24, 2.45) is 0 Å². The molecule has 3 aliphatic rings. The Kier molecular flexibility index (Phi) is 6.67. The summed E-state index contributed by atoms with van der Waals surface area (Å²) in [6, 6.07) is 6.64. The van der Waals surface area contributed by atoms with Crippen LogP contribution >= 0.6 is 11.6 Å². The lowest BCUT2D eigenvalue weighted by atomic mass is 9.60. The molecule has 3 saturated carbocycles. The first-order valence-corrected chi connectivity index (χ1v) is 12.2. The molecule has 3 aliphatic carbocycles. The van der Waals surface area contributed by atoms with Gasteiger partial charge in [-0.05, 0) is 44.2 Å². The van der Waals surface area contributed by atoms with Crippen molar-refractivity contribution < 1.29 is 33.0 Å². The summed E-state index contributed by atoms with van der Waals surface area (Å²) in [6.45, 7) is -0.666. The molecule has 37 heavy (non-hydrogen) atoms. The number of aliphatic hydroxyl groups is 1. The standard InChI is InChI=1S/C25H25ClF2N4O5/c26-17-2-1-14(7-19(17)28)36-13-23(35)31-25-5-3-24(4-6-25,10-21(25)33)30-22(34)12-37-15-8-18(27)16-11-29-32-20(16)9-15/h1-2,7-9,11,21,33H,3-6,10,12-13H2,(H,29,32)(H,30,34)(H,31,35). The molecule has 12 heteroatoms. The molecular formula is C25H25ClF2N4O5. The van der Waals surface area contributed by atoms with Gasteiger partial charge < -0.3 is 25.2 Å². The number of benzene rings is 2. The number of nitrogens with one attached hydrogen (secondary N) is 3. The maximum absolute atomic E-state index is 14.1. The third-order valence-corrected chi connectivity index (χ3v) is 7.53. The number of carbonyl (C=O) groups is 2. The number of fused-ring (bicyclic) bond motifs is 4. The van der Waals surface area contributed by atoms with Crippen molar-refractivity contribution in [3.8, 4) is 11.5 Å². The fraction of sp³-hybridized carbons (Fsp3) is 0.400. The predicted octanol–water partition coefficient (Wildman–Crippen LogP) is 3.00. The van der Waals surface area contributed by atoms with Crippen LogP contribution in [0.5, 0.6) is 11.5 Å². The summed E-state index contributed by atoms with van der Waals surface area (Å²) in [4.78, 5) is 25.2. The van der Waals surface area contributed by atoms with Crippen molar-refractivity contribution in [2.75, 3.05) is 13.2 Å². The number of amides is 2. The molecule has 6 rings (SSSR count). The van der Waals surface area contributed by atoms with E-state index in [1.807, 2.05) is 0 Å². The zero-order chi connectivity index (χ0) is 26.2. The highest BCUT2D eigenvalue weighted by Gasteiger charge is 2.55. The first-order valence-electron chi connectivity index (χ1n) is 11.8. The Balaban J connectivity index is 1.13. The first-order chi connectivity index (χ1) is 17.7. The maximum Gasteiger partial charge on any atom is 0.258 e. The van der Waals surface area contributed by atoms with E-state index in [2.05, 4.69) is 20.8 Å². The zero-order valence-electron chi connectivity index (χ0n) is 19.7. The number of aliphatic hydroxyl groups excluding tert-OH is 1. The van der Waals surface area contributed by atoms with Crippen molar-refractivity contribution in [3.05, 3.63) is 53.2 Å². The number of rotatable bonds is 8. The van der Waals surface area contributed by atoms with E-state index in [1.54, 1.807) is 6.07 Å². The molecule has 0 saturated heterocycles. The Labute approximate surface area is 215 Å². The third-order valence-electron chi connectivity index (χ3n) is 7.23. The Morgan fingerprint density at radius 3 is 2.41 bits per heavy atom. The summed E-state index contributed by atoms with van der Waals surface area (Å²) >= 11 is 5.65. The van der Waals surface area contributed by atoms with Gasteiger partial charge in [-0.1, -0.05) is 11.6 Å². The van der Waals surface area contributed by atoms with Crippen LogP contribution in [0.1, 0.15) is 32.1 Å². The molecule has 1 atom stereocenters. The highest BCUT2D eigenvalue weighted by atomic mass is 35.5. The molecule has 0 spiro atoms. The zero-order valence-corrected chi connectivity index (χ0v) is 20.4. The van der Waals surface area contributed by atoms with E-state index in [9.17, 15) is 23.5 Å². The average molecular weight is 535 g/mol. The van der Waals surface area contributed by atoms with E-state index in [0.29, 0.717) is 36.6 Å². The van der Waals surface area contributed by atoms with Gasteiger partial charge in [0.2, 0.25) is 0 Å². The SMILES string of the molecule is O=C(COc1cc(F)c2cn[nH]c2c1)NC12CCC(NC(=O)COc3ccc(Cl)c(F)c3)(CC1)C(O)C2. The molecule has 1 aromatic heterocycles. The summed E-state index contributed by atoms with van der Waals surface area (Å²) in [5, 5.41) is 23.5. The average Bonchev–Trinajstić information content (AvgIpc) is 3.34. The molecule has 196 valence electrons. The molecule has 2 aromatic carbocycles. The Bertz CT molecular complexity index is 1340. The number of carbonyl (C=O) groups excluding carboxylic acids is 2. The second-order valence-corrected chi connectivity index (χ2v) is 10.0. The smallest absolute Gasteiger partial charge is 0.258 e. The van der Waals surface area contributed by atoms with Crippen LogP contribution in [0.3, 0.4) is 0 Å². The van der Waals surface area contributed by atoms with E-state index in [-0.39, 0.29) is 42.1 Å². The minimum atomic E-state index is -0.884. The number of ether oxygens (including phenoxy) is 2. The monoisotopic (exact) mass is 534 g/mol. The van der Waals surface area contributed by atoms with Crippen LogP contribution in [-0.4, -0.2) is 57.5 Å². The van der Waals surface area contributed by atoms with Gasteiger partial charge in [0.15, 0.2) is 13.2 Å². The highest BCUT2D eigenvalue weighted by Crippen LogP contribution is 2.47. The first kappa shape index (κ1) is 25.2. The Morgan fingerprint density at radius 2 is 1.70 bits per heavy atom. The normalized spacial score (nSPS) is 24.6. The van der Waals surface area contributed by atoms with Gasteiger partial charge in [-0.2, -0.15) is 5.10 Å². The molecule has 0 aliphatic heterocycles. The van der Waals surface area contributed by atoms with Crippen molar-refractivity contribution in [2.45, 2.75) is 49.3 Å². The molecular weight excluding hydrogens is 510 g/mol. The topological polar surface area (TPSA) is 126 Å². The van der Waals surface area contributed by atoms with Crippen molar-refractivity contribution in [1.29, 1.82) is 0 Å². The summed E-state index contributed by atoms with van der Waals surface area (Å²) < 4.78 is 38.5. The minimum absolute atomic E-state index is 0.0464. The van der Waals surface area contributed by atoms with E-state index < -0.39 is 34.7 Å². The number of hydrogen-bond acceptors (Lipinski definition) is 6. The van der Waals surface area contributed by atoms with E-state index >= 15 is 0 Å². The number of aromatic amines is 1. The number of H-pyrrole nitrogens is 1. The molecule has 2 bridgehead atoms. The van der Waals surface area contributed by atoms with Gasteiger partial charge in [0.25, 0.3) is 11.8 Å². The largest absolute Gasteiger partial charge is 0.484 e. The fourth-order valence-corrected chi connectivity index (χ4v) is 5.36. The Morgan fingerprint density at radius 1 is 1.03 bits per heavy atom. The number of nitrogens with zero attached hydrogens (tertiary/aromatic N) is 1. The van der Waals surface area contributed by atoms with Crippen LogP contribution in [0.25, 0.3) is 10.9 Å². The quantitative estimate of drug-likeness (QED) is 0.352. The van der Waals surface area contributed by atoms with Gasteiger partial charge in [-0.15, -0.1) is 0 Å². The van der Waals surface area contributed by atoms with Crippen LogP contribution in [0, 0.1) is 11.6 Å². The van der Waals surface area contributed by atoms with E-state index in [0.717, 1.165) is 6.07 Å². The summed E-state index contributed by atoms with van der Waals surface area (Å²) in [7, 11) is 0. The molecule has 3 fully saturated rings. The van der Waals surface area contributed by atoms with E-state index in [1.165, 1.54) is 24.4 Å². The molecule has 1 heterocycles. The summed E-state index contributed by atoms with van der Waals surface area (Å²) in [6.07, 6.45) is 2.76. The molecule has 4 N–H and O–H groups in total.